The molecule has 0 aliphatic rings. The van der Waals surface area contributed by atoms with Gasteiger partial charge in [0, 0.05) is 46.3 Å². The third kappa shape index (κ3) is 6.67. The summed E-state index contributed by atoms with van der Waals surface area (Å²) in [7, 11) is 0. The lowest BCUT2D eigenvalue weighted by atomic mass is 9.92. The van der Waals surface area contributed by atoms with Gasteiger partial charge in [0.05, 0.1) is 22.8 Å². The van der Waals surface area contributed by atoms with E-state index in [-0.39, 0.29) is 0 Å². The highest BCUT2D eigenvalue weighted by molar-refractivity contribution is 5.91. The Hall–Kier alpha value is -7.44. The van der Waals surface area contributed by atoms with Gasteiger partial charge >= 0.3 is 0 Å². The average Bonchev–Trinajstić information content (AvgIpc) is 3.27. The lowest BCUT2D eigenvalue weighted by Crippen LogP contribution is -2.36. The molecule has 6 nitrogen and oxygen atoms in total. The molecule has 0 N–H and O–H groups in total. The molecule has 254 valence electrons. The van der Waals surface area contributed by atoms with E-state index in [1.165, 1.54) is 0 Å². The number of pyridine rings is 3. The minimum Gasteiger partial charge on any atom is -0.255 e. The average molecular weight is 694 g/mol. The fourth-order valence-corrected chi connectivity index (χ4v) is 6.69. The van der Waals surface area contributed by atoms with E-state index in [2.05, 4.69) is 96.0 Å². The van der Waals surface area contributed by atoms with Crippen molar-refractivity contribution in [2.45, 2.75) is 0 Å². The van der Waals surface area contributed by atoms with Crippen LogP contribution in [0.4, 0.5) is 0 Å². The van der Waals surface area contributed by atoms with Crippen molar-refractivity contribution in [3.63, 3.8) is 0 Å². The fraction of sp³-hybridized carbons (Fsp3) is 0. The molecule has 0 bridgehead atoms. The molecule has 0 radical (unpaired) electrons. The van der Waals surface area contributed by atoms with Crippen molar-refractivity contribution >= 4 is 0 Å². The molecule has 54 heavy (non-hydrogen) atoms. The smallest absolute Gasteiger partial charge is 0.238 e. The van der Waals surface area contributed by atoms with Crippen molar-refractivity contribution in [2.75, 3.05) is 0 Å². The summed E-state index contributed by atoms with van der Waals surface area (Å²) in [6.45, 7) is 0. The first-order chi connectivity index (χ1) is 26.8. The maximum Gasteiger partial charge on any atom is 0.238 e. The van der Waals surface area contributed by atoms with Crippen molar-refractivity contribution in [3.05, 3.63) is 201 Å². The van der Waals surface area contributed by atoms with E-state index < -0.39 is 0 Å². The molecule has 0 atom stereocenters. The summed E-state index contributed by atoms with van der Waals surface area (Å²) in [6.07, 6.45) is 5.62. The Morgan fingerprint density at radius 2 is 0.963 bits per heavy atom. The van der Waals surface area contributed by atoms with Crippen LogP contribution in [0, 0.1) is 0 Å². The van der Waals surface area contributed by atoms with Gasteiger partial charge < -0.3 is 0 Å². The van der Waals surface area contributed by atoms with Crippen LogP contribution in [0.1, 0.15) is 0 Å². The molecule has 4 heterocycles. The van der Waals surface area contributed by atoms with Crippen molar-refractivity contribution in [1.29, 1.82) is 0 Å². The van der Waals surface area contributed by atoms with Gasteiger partial charge in [-0.15, -0.1) is 0 Å². The minimum atomic E-state index is 0.659. The summed E-state index contributed by atoms with van der Waals surface area (Å²) in [5, 5.41) is 4.88. The Balaban J connectivity index is 1.12. The van der Waals surface area contributed by atoms with Gasteiger partial charge in [-0.05, 0) is 62.8 Å². The number of nitrogens with zero attached hydrogens (tertiary/aromatic N) is 6. The molecule has 9 aromatic rings. The van der Waals surface area contributed by atoms with Gasteiger partial charge in [-0.2, -0.15) is 0 Å². The van der Waals surface area contributed by atoms with Crippen LogP contribution in [0.15, 0.2) is 201 Å². The molecule has 4 aromatic heterocycles. The van der Waals surface area contributed by atoms with Gasteiger partial charge in [-0.25, -0.2) is 9.97 Å². The van der Waals surface area contributed by atoms with Crippen molar-refractivity contribution in [2.24, 2.45) is 0 Å². The first-order valence-electron chi connectivity index (χ1n) is 17.8. The SMILES string of the molecule is c1ccc(-c2cc(-c3ccccn3)nc(-c3ncccc3-c3ccccc3-c3ccc(-c4c[n+](-c5ccccc5)nc(-c5ccccc5)n4)cc3)c2)cc1. The fourth-order valence-electron chi connectivity index (χ4n) is 6.69. The second-order valence-corrected chi connectivity index (χ2v) is 12.8. The molecule has 0 aliphatic carbocycles. The summed E-state index contributed by atoms with van der Waals surface area (Å²) in [5.41, 5.74) is 13.3. The van der Waals surface area contributed by atoms with Crippen LogP contribution in [0.25, 0.3) is 84.5 Å². The van der Waals surface area contributed by atoms with Crippen LogP contribution in [-0.2, 0) is 0 Å². The number of rotatable bonds is 8. The van der Waals surface area contributed by atoms with Crippen molar-refractivity contribution in [1.82, 2.24) is 25.0 Å². The number of aromatic nitrogens is 6. The summed E-state index contributed by atoms with van der Waals surface area (Å²) in [5.74, 6) is 0.659. The standard InChI is InChI=1S/C48H33N6/c1-4-15-34(16-5-1)38-31-44(43-24-12-13-29-49-43)51-45(32-38)47-42(23-14-30-50-47)41-22-11-10-21-40(41)35-25-27-36(28-26-35)46-33-54(39-19-8-3-9-20-39)53-48(52-46)37-17-6-2-7-18-37/h1-33H/q+1. The minimum absolute atomic E-state index is 0.659. The zero-order valence-electron chi connectivity index (χ0n) is 29.2. The van der Waals surface area contributed by atoms with E-state index in [0.29, 0.717) is 5.82 Å². The number of benzene rings is 5. The molecule has 0 unspecified atom stereocenters. The second kappa shape index (κ2) is 14.7. The van der Waals surface area contributed by atoms with Gasteiger partial charge in [0.15, 0.2) is 0 Å². The van der Waals surface area contributed by atoms with Crippen molar-refractivity contribution < 1.29 is 4.68 Å². The van der Waals surface area contributed by atoms with E-state index >= 15 is 0 Å². The number of hydrogen-bond acceptors (Lipinski definition) is 5. The normalized spacial score (nSPS) is 11.0. The van der Waals surface area contributed by atoms with E-state index in [1.54, 1.807) is 6.20 Å². The van der Waals surface area contributed by atoms with Gasteiger partial charge in [0.1, 0.15) is 5.69 Å². The molecule has 0 saturated carbocycles. The molecule has 6 heteroatoms. The Bertz CT molecular complexity index is 2570. The van der Waals surface area contributed by atoms with E-state index in [1.807, 2.05) is 108 Å². The zero-order valence-corrected chi connectivity index (χ0v) is 29.2. The number of para-hydroxylation sites is 1. The topological polar surface area (TPSA) is 68.3 Å². The third-order valence-electron chi connectivity index (χ3n) is 9.35. The lowest BCUT2D eigenvalue weighted by molar-refractivity contribution is -0.658. The van der Waals surface area contributed by atoms with E-state index in [9.17, 15) is 0 Å². The van der Waals surface area contributed by atoms with Crippen molar-refractivity contribution in [3.8, 4) is 84.5 Å². The molecule has 0 aliphatic heterocycles. The maximum absolute atomic E-state index is 5.15. The van der Waals surface area contributed by atoms with Crippen LogP contribution in [0.2, 0.25) is 0 Å². The van der Waals surface area contributed by atoms with Crippen LogP contribution < -0.4 is 4.68 Å². The van der Waals surface area contributed by atoms with Gasteiger partial charge in [-0.1, -0.05) is 140 Å². The third-order valence-corrected chi connectivity index (χ3v) is 9.35. The zero-order chi connectivity index (χ0) is 36.1. The Morgan fingerprint density at radius 3 is 1.70 bits per heavy atom. The summed E-state index contributed by atoms with van der Waals surface area (Å²) in [4.78, 5) is 19.8. The largest absolute Gasteiger partial charge is 0.255 e. The molecular weight excluding hydrogens is 661 g/mol. The quantitative estimate of drug-likeness (QED) is 0.148. The first kappa shape index (κ1) is 32.5. The summed E-state index contributed by atoms with van der Waals surface area (Å²) in [6, 6.07) is 61.9. The van der Waals surface area contributed by atoms with Crippen LogP contribution >= 0.6 is 0 Å². The maximum atomic E-state index is 5.15. The summed E-state index contributed by atoms with van der Waals surface area (Å²) < 4.78 is 1.90. The highest BCUT2D eigenvalue weighted by Crippen LogP contribution is 2.39. The van der Waals surface area contributed by atoms with Crippen LogP contribution in [-0.4, -0.2) is 25.0 Å². The predicted molar refractivity (Wildman–Crippen MR) is 215 cm³/mol. The predicted octanol–water partition coefficient (Wildman–Crippen LogP) is 10.6. The van der Waals surface area contributed by atoms with Gasteiger partial charge in [0.25, 0.3) is 0 Å². The molecule has 0 fully saturated rings. The Labute approximate surface area is 313 Å². The van der Waals surface area contributed by atoms with E-state index in [0.717, 1.165) is 78.7 Å². The lowest BCUT2D eigenvalue weighted by Gasteiger charge is -2.15. The Morgan fingerprint density at radius 1 is 0.352 bits per heavy atom. The van der Waals surface area contributed by atoms with Gasteiger partial charge in [0.2, 0.25) is 17.7 Å². The molecule has 0 spiro atoms. The molecule has 5 aromatic carbocycles. The van der Waals surface area contributed by atoms with E-state index in [4.69, 9.17) is 20.1 Å². The molecule has 0 saturated heterocycles. The molecular formula is C48H33N6+. The van der Waals surface area contributed by atoms with Crippen LogP contribution in [0.3, 0.4) is 0 Å². The second-order valence-electron chi connectivity index (χ2n) is 12.8. The molecule has 9 rings (SSSR count). The monoisotopic (exact) mass is 693 g/mol. The van der Waals surface area contributed by atoms with Crippen LogP contribution in [0.5, 0.6) is 0 Å². The first-order valence-corrected chi connectivity index (χ1v) is 17.8. The summed E-state index contributed by atoms with van der Waals surface area (Å²) >= 11 is 0. The highest BCUT2D eigenvalue weighted by Gasteiger charge is 2.19. The Kier molecular flexibility index (Phi) is 8.81. The highest BCUT2D eigenvalue weighted by atomic mass is 15.3. The number of hydrogen-bond donors (Lipinski definition) is 0. The van der Waals surface area contributed by atoms with Gasteiger partial charge in [-0.3, -0.25) is 9.97 Å². The molecule has 0 amide bonds.